The Kier molecular flexibility index (Phi) is 4.34. The van der Waals surface area contributed by atoms with E-state index in [1.54, 1.807) is 0 Å². The van der Waals surface area contributed by atoms with Crippen molar-refractivity contribution in [2.75, 3.05) is 0 Å². The normalized spacial score (nSPS) is 40.1. The molecule has 0 bridgehead atoms. The van der Waals surface area contributed by atoms with Crippen LogP contribution in [-0.2, 0) is 4.89 Å². The molecule has 1 N–H and O–H groups in total. The fourth-order valence-corrected chi connectivity index (χ4v) is 2.64. The van der Waals surface area contributed by atoms with E-state index in [0.29, 0.717) is 4.83 Å². The second-order valence-electron chi connectivity index (χ2n) is 2.89. The van der Waals surface area contributed by atoms with Gasteiger partial charge >= 0.3 is 0 Å². The Hall–Kier alpha value is 0.880. The van der Waals surface area contributed by atoms with Crippen LogP contribution >= 0.6 is 31.9 Å². The lowest BCUT2D eigenvalue weighted by Gasteiger charge is -2.19. The standard InChI is InChI=1S/C7H12Br2O2/c8-5-3-1-2-4-6(11-10)7(5)9/h5-7,10H,1-4H2/t5-,6?,7+/m1/s1. The van der Waals surface area contributed by atoms with Crippen molar-refractivity contribution in [1.29, 1.82) is 0 Å². The lowest BCUT2D eigenvalue weighted by Crippen LogP contribution is -2.28. The molecule has 0 radical (unpaired) electrons. The monoisotopic (exact) mass is 286 g/mol. The highest BCUT2D eigenvalue weighted by Crippen LogP contribution is 2.30. The number of halogens is 2. The lowest BCUT2D eigenvalue weighted by molar-refractivity contribution is -0.278. The SMILES string of the molecule is OOC1CCCC[C@@H](Br)[C@@H]1Br. The molecule has 0 aromatic rings. The molecule has 1 rings (SSSR count). The molecule has 0 saturated heterocycles. The quantitative estimate of drug-likeness (QED) is 0.348. The first-order valence-corrected chi connectivity index (χ1v) is 5.67. The van der Waals surface area contributed by atoms with Crippen LogP contribution in [0.4, 0.5) is 0 Å². The minimum Gasteiger partial charge on any atom is -0.251 e. The van der Waals surface area contributed by atoms with Crippen molar-refractivity contribution in [3.05, 3.63) is 0 Å². The number of rotatable bonds is 1. The van der Waals surface area contributed by atoms with Crippen LogP contribution in [0.15, 0.2) is 0 Å². The summed E-state index contributed by atoms with van der Waals surface area (Å²) in [5.41, 5.74) is 0. The van der Waals surface area contributed by atoms with Gasteiger partial charge in [0.25, 0.3) is 0 Å². The zero-order valence-corrected chi connectivity index (χ0v) is 9.34. The summed E-state index contributed by atoms with van der Waals surface area (Å²) in [4.78, 5) is 5.03. The predicted molar refractivity (Wildman–Crippen MR) is 51.4 cm³/mol. The summed E-state index contributed by atoms with van der Waals surface area (Å²) in [6.45, 7) is 0. The second kappa shape index (κ2) is 4.80. The highest BCUT2D eigenvalue weighted by molar-refractivity contribution is 9.12. The van der Waals surface area contributed by atoms with Crippen LogP contribution in [0, 0.1) is 0 Å². The van der Waals surface area contributed by atoms with E-state index in [1.165, 1.54) is 6.42 Å². The molecular formula is C7H12Br2O2. The summed E-state index contributed by atoms with van der Waals surface area (Å²) in [5.74, 6) is 0. The molecule has 0 heterocycles. The average molecular weight is 288 g/mol. The van der Waals surface area contributed by atoms with Crippen molar-refractivity contribution in [3.8, 4) is 0 Å². The lowest BCUT2D eigenvalue weighted by atomic mass is 10.2. The smallest absolute Gasteiger partial charge is 0.106 e. The molecule has 0 aliphatic heterocycles. The van der Waals surface area contributed by atoms with Crippen LogP contribution in [0.1, 0.15) is 25.7 Å². The van der Waals surface area contributed by atoms with E-state index >= 15 is 0 Å². The minimum atomic E-state index is -0.0538. The van der Waals surface area contributed by atoms with Gasteiger partial charge in [-0.1, -0.05) is 44.7 Å². The highest BCUT2D eigenvalue weighted by Gasteiger charge is 2.28. The Labute approximate surface area is 83.5 Å². The first kappa shape index (κ1) is 9.96. The van der Waals surface area contributed by atoms with Crippen molar-refractivity contribution >= 4 is 31.9 Å². The van der Waals surface area contributed by atoms with Crippen LogP contribution in [0.5, 0.6) is 0 Å². The van der Waals surface area contributed by atoms with Crippen molar-refractivity contribution in [2.24, 2.45) is 0 Å². The van der Waals surface area contributed by atoms with Gasteiger partial charge in [0.15, 0.2) is 0 Å². The van der Waals surface area contributed by atoms with E-state index < -0.39 is 0 Å². The van der Waals surface area contributed by atoms with Crippen LogP contribution in [0.25, 0.3) is 0 Å². The topological polar surface area (TPSA) is 29.5 Å². The van der Waals surface area contributed by atoms with E-state index in [1.807, 2.05) is 0 Å². The summed E-state index contributed by atoms with van der Waals surface area (Å²) in [6.07, 6.45) is 4.37. The second-order valence-corrected chi connectivity index (χ2v) is 5.12. The number of alkyl halides is 2. The Balaban J connectivity index is 2.49. The highest BCUT2D eigenvalue weighted by atomic mass is 79.9. The van der Waals surface area contributed by atoms with Gasteiger partial charge in [0.2, 0.25) is 0 Å². The molecular weight excluding hydrogens is 276 g/mol. The largest absolute Gasteiger partial charge is 0.251 e. The number of hydrogen-bond donors (Lipinski definition) is 1. The van der Waals surface area contributed by atoms with Gasteiger partial charge in [-0.25, -0.2) is 4.89 Å². The van der Waals surface area contributed by atoms with Crippen LogP contribution in [0.2, 0.25) is 0 Å². The molecule has 1 fully saturated rings. The van der Waals surface area contributed by atoms with Gasteiger partial charge in [-0.2, -0.15) is 0 Å². The third kappa shape index (κ3) is 2.68. The molecule has 2 nitrogen and oxygen atoms in total. The van der Waals surface area contributed by atoms with Crippen LogP contribution in [0.3, 0.4) is 0 Å². The van der Waals surface area contributed by atoms with Crippen molar-refractivity contribution in [2.45, 2.75) is 41.4 Å². The molecule has 0 aromatic carbocycles. The summed E-state index contributed by atoms with van der Waals surface area (Å²) in [6, 6.07) is 0. The molecule has 1 aliphatic rings. The maximum atomic E-state index is 8.55. The Morgan fingerprint density at radius 1 is 1.18 bits per heavy atom. The number of hydrogen-bond acceptors (Lipinski definition) is 2. The van der Waals surface area contributed by atoms with Gasteiger partial charge in [0, 0.05) is 4.83 Å². The van der Waals surface area contributed by atoms with Gasteiger partial charge in [-0.05, 0) is 12.8 Å². The average Bonchev–Trinajstić information content (AvgIpc) is 2.16. The molecule has 0 amide bonds. The molecule has 66 valence electrons. The van der Waals surface area contributed by atoms with Gasteiger partial charge in [-0.3, -0.25) is 5.26 Å². The predicted octanol–water partition coefficient (Wildman–Crippen LogP) is 2.95. The molecule has 11 heavy (non-hydrogen) atoms. The van der Waals surface area contributed by atoms with E-state index in [4.69, 9.17) is 5.26 Å². The van der Waals surface area contributed by atoms with Gasteiger partial charge in [-0.15, -0.1) is 0 Å². The first-order chi connectivity index (χ1) is 5.25. The van der Waals surface area contributed by atoms with E-state index in [2.05, 4.69) is 36.7 Å². The molecule has 0 spiro atoms. The summed E-state index contributed by atoms with van der Waals surface area (Å²) in [5, 5.41) is 8.55. The van der Waals surface area contributed by atoms with E-state index in [-0.39, 0.29) is 10.9 Å². The molecule has 1 saturated carbocycles. The van der Waals surface area contributed by atoms with Gasteiger partial charge in [0.1, 0.15) is 6.10 Å². The third-order valence-corrected chi connectivity index (χ3v) is 5.02. The van der Waals surface area contributed by atoms with Crippen molar-refractivity contribution in [1.82, 2.24) is 0 Å². The zero-order valence-electron chi connectivity index (χ0n) is 6.17. The van der Waals surface area contributed by atoms with E-state index in [9.17, 15) is 0 Å². The minimum absolute atomic E-state index is 0.0538. The first-order valence-electron chi connectivity index (χ1n) is 3.84. The summed E-state index contributed by atoms with van der Waals surface area (Å²) in [7, 11) is 0. The molecule has 4 heteroatoms. The van der Waals surface area contributed by atoms with Gasteiger partial charge in [0.05, 0.1) is 4.83 Å². The Bertz CT molecular complexity index is 121. The molecule has 1 unspecified atom stereocenters. The Morgan fingerprint density at radius 2 is 1.82 bits per heavy atom. The molecule has 0 aromatic heterocycles. The van der Waals surface area contributed by atoms with E-state index in [0.717, 1.165) is 19.3 Å². The summed E-state index contributed by atoms with van der Waals surface area (Å²) >= 11 is 7.05. The molecule has 3 atom stereocenters. The van der Waals surface area contributed by atoms with Crippen molar-refractivity contribution in [3.63, 3.8) is 0 Å². The van der Waals surface area contributed by atoms with Crippen molar-refractivity contribution < 1.29 is 10.1 Å². The molecule has 1 aliphatic carbocycles. The van der Waals surface area contributed by atoms with Gasteiger partial charge < -0.3 is 0 Å². The summed E-state index contributed by atoms with van der Waals surface area (Å²) < 4.78 is 0. The Morgan fingerprint density at radius 3 is 2.45 bits per heavy atom. The zero-order chi connectivity index (χ0) is 8.27. The maximum absolute atomic E-state index is 8.55. The maximum Gasteiger partial charge on any atom is 0.106 e. The fraction of sp³-hybridized carbons (Fsp3) is 1.00. The van der Waals surface area contributed by atoms with Crippen LogP contribution < -0.4 is 0 Å². The fourth-order valence-electron chi connectivity index (χ4n) is 1.35. The third-order valence-electron chi connectivity index (χ3n) is 2.05. The van der Waals surface area contributed by atoms with Crippen LogP contribution in [-0.4, -0.2) is 21.0 Å².